The molecule has 2 aromatic carbocycles. The second-order valence-corrected chi connectivity index (χ2v) is 6.70. The van der Waals surface area contributed by atoms with E-state index in [1.165, 1.54) is 29.5 Å². The van der Waals surface area contributed by atoms with Gasteiger partial charge in [0.1, 0.15) is 12.4 Å². The van der Waals surface area contributed by atoms with Crippen LogP contribution in [-0.4, -0.2) is 54.3 Å². The minimum Gasteiger partial charge on any atom is -0.339 e. The monoisotopic (exact) mass is 369 g/mol. The average Bonchev–Trinajstić information content (AvgIpc) is 2.68. The fraction of sp³-hybridized carbons (Fsp3) is 0.333. The van der Waals surface area contributed by atoms with E-state index in [-0.39, 0.29) is 24.0 Å². The third-order valence-electron chi connectivity index (χ3n) is 4.79. The van der Waals surface area contributed by atoms with E-state index < -0.39 is 5.82 Å². The first-order chi connectivity index (χ1) is 13.0. The molecule has 0 aliphatic carbocycles. The molecule has 6 heteroatoms. The van der Waals surface area contributed by atoms with Gasteiger partial charge in [0.25, 0.3) is 0 Å². The average molecular weight is 369 g/mol. The topological polar surface area (TPSA) is 43.9 Å². The second-order valence-electron chi connectivity index (χ2n) is 6.70. The van der Waals surface area contributed by atoms with E-state index >= 15 is 0 Å². The number of amides is 2. The van der Waals surface area contributed by atoms with Gasteiger partial charge in [-0.2, -0.15) is 0 Å². The Balaban J connectivity index is 1.57. The fourth-order valence-electron chi connectivity index (χ4n) is 3.27. The van der Waals surface area contributed by atoms with Gasteiger partial charge in [-0.15, -0.1) is 0 Å². The molecule has 2 amide bonds. The van der Waals surface area contributed by atoms with E-state index in [0.717, 1.165) is 19.6 Å². The second kappa shape index (κ2) is 8.77. The van der Waals surface area contributed by atoms with Crippen molar-refractivity contribution in [3.05, 3.63) is 66.0 Å². The lowest BCUT2D eigenvalue weighted by Gasteiger charge is -2.35. The van der Waals surface area contributed by atoms with Crippen LogP contribution in [0.25, 0.3) is 0 Å². The van der Waals surface area contributed by atoms with Crippen LogP contribution in [0.15, 0.2) is 54.6 Å². The van der Waals surface area contributed by atoms with E-state index in [4.69, 9.17) is 0 Å². The highest BCUT2D eigenvalue weighted by atomic mass is 19.1. The number of piperazine rings is 1. The Morgan fingerprint density at radius 2 is 1.59 bits per heavy atom. The quantitative estimate of drug-likeness (QED) is 0.814. The molecule has 3 rings (SSSR count). The van der Waals surface area contributed by atoms with E-state index in [9.17, 15) is 14.0 Å². The molecule has 0 saturated carbocycles. The number of carbonyl (C=O) groups is 2. The van der Waals surface area contributed by atoms with Gasteiger partial charge in [-0.3, -0.25) is 14.5 Å². The molecular weight excluding hydrogens is 345 g/mol. The van der Waals surface area contributed by atoms with Crippen molar-refractivity contribution in [1.29, 1.82) is 0 Å². The molecule has 0 atom stereocenters. The maximum absolute atomic E-state index is 14.0. The number of halogens is 1. The van der Waals surface area contributed by atoms with Crippen LogP contribution >= 0.6 is 0 Å². The fourth-order valence-corrected chi connectivity index (χ4v) is 3.27. The number of rotatable bonds is 5. The smallest absolute Gasteiger partial charge is 0.242 e. The van der Waals surface area contributed by atoms with Gasteiger partial charge in [0.2, 0.25) is 11.8 Å². The lowest BCUT2D eigenvalue weighted by Crippen LogP contribution is -2.51. The van der Waals surface area contributed by atoms with Gasteiger partial charge in [-0.1, -0.05) is 42.5 Å². The van der Waals surface area contributed by atoms with Crippen molar-refractivity contribution in [3.63, 3.8) is 0 Å². The van der Waals surface area contributed by atoms with Crippen molar-refractivity contribution in [2.45, 2.75) is 13.5 Å². The standard InChI is InChI=1S/C21H24FN3O2/c1-17(26)25(20-10-6-5-9-19(20)22)16-21(27)24-13-11-23(12-14-24)15-18-7-3-2-4-8-18/h2-10H,11-16H2,1H3. The normalized spacial score (nSPS) is 14.8. The largest absolute Gasteiger partial charge is 0.339 e. The highest BCUT2D eigenvalue weighted by Crippen LogP contribution is 2.19. The summed E-state index contributed by atoms with van der Waals surface area (Å²) < 4.78 is 14.0. The lowest BCUT2D eigenvalue weighted by molar-refractivity contribution is -0.132. The van der Waals surface area contributed by atoms with Crippen molar-refractivity contribution in [3.8, 4) is 0 Å². The van der Waals surface area contributed by atoms with E-state index in [1.54, 1.807) is 17.0 Å². The Hall–Kier alpha value is -2.73. The summed E-state index contributed by atoms with van der Waals surface area (Å²) in [5.74, 6) is -1.02. The van der Waals surface area contributed by atoms with Crippen LogP contribution in [0.2, 0.25) is 0 Å². The van der Waals surface area contributed by atoms with Gasteiger partial charge in [-0.05, 0) is 17.7 Å². The van der Waals surface area contributed by atoms with Gasteiger partial charge in [0, 0.05) is 39.6 Å². The molecular formula is C21H24FN3O2. The zero-order chi connectivity index (χ0) is 19.2. The molecule has 0 spiro atoms. The number of benzene rings is 2. The van der Waals surface area contributed by atoms with Gasteiger partial charge < -0.3 is 9.80 Å². The molecule has 0 unspecified atom stereocenters. The van der Waals surface area contributed by atoms with Crippen molar-refractivity contribution >= 4 is 17.5 Å². The summed E-state index contributed by atoms with van der Waals surface area (Å²) in [6.07, 6.45) is 0. The molecule has 0 N–H and O–H groups in total. The predicted molar refractivity (Wildman–Crippen MR) is 103 cm³/mol. The van der Waals surface area contributed by atoms with E-state index in [0.29, 0.717) is 13.1 Å². The Labute approximate surface area is 159 Å². The highest BCUT2D eigenvalue weighted by Gasteiger charge is 2.25. The van der Waals surface area contributed by atoms with Crippen molar-refractivity contribution < 1.29 is 14.0 Å². The van der Waals surface area contributed by atoms with Gasteiger partial charge in [-0.25, -0.2) is 4.39 Å². The third-order valence-corrected chi connectivity index (χ3v) is 4.79. The first kappa shape index (κ1) is 19.0. The van der Waals surface area contributed by atoms with Crippen LogP contribution in [0.5, 0.6) is 0 Å². The van der Waals surface area contributed by atoms with Crippen LogP contribution in [-0.2, 0) is 16.1 Å². The van der Waals surface area contributed by atoms with Crippen molar-refractivity contribution in [2.75, 3.05) is 37.6 Å². The molecule has 0 bridgehead atoms. The molecule has 1 saturated heterocycles. The van der Waals surface area contributed by atoms with Gasteiger partial charge in [0.15, 0.2) is 0 Å². The number of para-hydroxylation sites is 1. The van der Waals surface area contributed by atoms with E-state index in [1.807, 2.05) is 18.2 Å². The Kier molecular flexibility index (Phi) is 6.19. The number of anilines is 1. The van der Waals surface area contributed by atoms with Crippen LogP contribution in [0.3, 0.4) is 0 Å². The minimum atomic E-state index is -0.506. The summed E-state index contributed by atoms with van der Waals surface area (Å²) in [5.41, 5.74) is 1.39. The third kappa shape index (κ3) is 4.92. The molecule has 5 nitrogen and oxygen atoms in total. The minimum absolute atomic E-state index is 0.140. The zero-order valence-corrected chi connectivity index (χ0v) is 15.5. The summed E-state index contributed by atoms with van der Waals surface area (Å²) >= 11 is 0. The lowest BCUT2D eigenvalue weighted by atomic mass is 10.2. The highest BCUT2D eigenvalue weighted by molar-refractivity contribution is 5.97. The summed E-state index contributed by atoms with van der Waals surface area (Å²) in [4.78, 5) is 29.9. The van der Waals surface area contributed by atoms with Crippen molar-refractivity contribution in [1.82, 2.24) is 9.80 Å². The number of carbonyl (C=O) groups excluding carboxylic acids is 2. The maximum atomic E-state index is 14.0. The molecule has 0 aromatic heterocycles. The Morgan fingerprint density at radius 1 is 0.963 bits per heavy atom. The maximum Gasteiger partial charge on any atom is 0.242 e. The van der Waals surface area contributed by atoms with Gasteiger partial charge >= 0.3 is 0 Å². The molecule has 2 aromatic rings. The molecule has 0 radical (unpaired) electrons. The van der Waals surface area contributed by atoms with Crippen molar-refractivity contribution in [2.24, 2.45) is 0 Å². The summed E-state index contributed by atoms with van der Waals surface area (Å²) in [7, 11) is 0. The Bertz CT molecular complexity index is 789. The first-order valence-corrected chi connectivity index (χ1v) is 9.11. The summed E-state index contributed by atoms with van der Waals surface area (Å²) in [6, 6.07) is 16.2. The van der Waals surface area contributed by atoms with Gasteiger partial charge in [0.05, 0.1) is 5.69 Å². The summed E-state index contributed by atoms with van der Waals surface area (Å²) in [5, 5.41) is 0. The molecule has 1 aliphatic rings. The van der Waals surface area contributed by atoms with Crippen LogP contribution in [0.1, 0.15) is 12.5 Å². The molecule has 1 fully saturated rings. The molecule has 1 aliphatic heterocycles. The Morgan fingerprint density at radius 3 is 2.22 bits per heavy atom. The molecule has 1 heterocycles. The SMILES string of the molecule is CC(=O)N(CC(=O)N1CCN(Cc2ccccc2)CC1)c1ccccc1F. The number of hydrogen-bond acceptors (Lipinski definition) is 3. The molecule has 27 heavy (non-hydrogen) atoms. The first-order valence-electron chi connectivity index (χ1n) is 9.11. The van der Waals surface area contributed by atoms with Crippen LogP contribution in [0, 0.1) is 5.82 Å². The zero-order valence-electron chi connectivity index (χ0n) is 15.5. The van der Waals surface area contributed by atoms with E-state index in [2.05, 4.69) is 17.0 Å². The number of nitrogens with zero attached hydrogens (tertiary/aromatic N) is 3. The predicted octanol–water partition coefficient (Wildman–Crippen LogP) is 2.52. The van der Waals surface area contributed by atoms with Crippen LogP contribution < -0.4 is 4.90 Å². The van der Waals surface area contributed by atoms with Crippen LogP contribution in [0.4, 0.5) is 10.1 Å². The number of hydrogen-bond donors (Lipinski definition) is 0. The molecule has 142 valence electrons. The summed E-state index contributed by atoms with van der Waals surface area (Å²) in [6.45, 7) is 4.83.